The van der Waals surface area contributed by atoms with Crippen LogP contribution in [0.25, 0.3) is 0 Å². The first-order valence-corrected chi connectivity index (χ1v) is 12.8. The summed E-state index contributed by atoms with van der Waals surface area (Å²) in [6.07, 6.45) is 3.99. The largest absolute Gasteiger partial charge is 0.315 e. The molecular weight excluding hydrogens is 420 g/mol. The van der Waals surface area contributed by atoms with Gasteiger partial charge in [0.2, 0.25) is 0 Å². The topological polar surface area (TPSA) is 37.0 Å². The van der Waals surface area contributed by atoms with Crippen molar-refractivity contribution in [2.24, 2.45) is 0 Å². The van der Waals surface area contributed by atoms with E-state index in [2.05, 4.69) is 85.9 Å². The molecule has 0 amide bonds. The smallest absolute Gasteiger partial charge is 0.0241 e. The summed E-state index contributed by atoms with van der Waals surface area (Å²) >= 11 is 0. The van der Waals surface area contributed by atoms with E-state index in [1.54, 1.807) is 0 Å². The molecule has 0 aromatic rings. The monoisotopic (exact) mass is 487 g/mol. The van der Waals surface area contributed by atoms with Crippen LogP contribution in [-0.2, 0) is 0 Å². The van der Waals surface area contributed by atoms with E-state index in [9.17, 15) is 0 Å². The predicted molar refractivity (Wildman–Crippen MR) is 155 cm³/mol. The Hall–Kier alpha value is -0.240. The Balaban J connectivity index is 0. The number of likely N-dealkylation sites (N-methyl/N-ethyl adjacent to an activating group) is 2. The molecule has 4 rings (SSSR count). The third-order valence-corrected chi connectivity index (χ3v) is 7.15. The maximum absolute atomic E-state index is 3.52. The fraction of sp³-hybridized carbons (Fsp3) is 1.00. The molecule has 4 fully saturated rings. The van der Waals surface area contributed by atoms with Crippen molar-refractivity contribution >= 4 is 0 Å². The quantitative estimate of drug-likeness (QED) is 0.537. The first kappa shape index (κ1) is 35.9. The molecule has 6 heteroatoms. The number of hydrogen-bond acceptors (Lipinski definition) is 6. The molecule has 2 bridgehead atoms. The van der Waals surface area contributed by atoms with Gasteiger partial charge in [-0.25, -0.2) is 0 Å². The Morgan fingerprint density at radius 1 is 0.676 bits per heavy atom. The fourth-order valence-corrected chi connectivity index (χ4v) is 5.07. The summed E-state index contributed by atoms with van der Waals surface area (Å²) in [5.74, 6) is 0. The average molecular weight is 487 g/mol. The molecule has 208 valence electrons. The van der Waals surface area contributed by atoms with Crippen molar-refractivity contribution in [3.05, 3.63) is 0 Å². The second-order valence-corrected chi connectivity index (χ2v) is 12.0. The fourth-order valence-electron chi connectivity index (χ4n) is 5.07. The molecule has 0 saturated carbocycles. The molecule has 0 spiro atoms. The van der Waals surface area contributed by atoms with Crippen molar-refractivity contribution in [3.8, 4) is 0 Å². The SMILES string of the molecule is C.C.C.CC(C)(C)N1CC2CC1CN2.CC(C)(C)N1CCCNCC1.CN1CCCN(C)CC1. The minimum Gasteiger partial charge on any atom is -0.315 e. The van der Waals surface area contributed by atoms with Crippen LogP contribution in [0.2, 0.25) is 0 Å². The lowest BCUT2D eigenvalue weighted by Gasteiger charge is -2.38. The van der Waals surface area contributed by atoms with Gasteiger partial charge in [0, 0.05) is 62.4 Å². The van der Waals surface area contributed by atoms with Gasteiger partial charge < -0.3 is 20.4 Å². The Morgan fingerprint density at radius 3 is 1.68 bits per heavy atom. The van der Waals surface area contributed by atoms with Crippen LogP contribution in [0.4, 0.5) is 0 Å². The van der Waals surface area contributed by atoms with Crippen molar-refractivity contribution in [1.82, 2.24) is 30.2 Å². The Kier molecular flexibility index (Phi) is 17.4. The Bertz CT molecular complexity index is 480. The van der Waals surface area contributed by atoms with Crippen molar-refractivity contribution in [1.29, 1.82) is 0 Å². The summed E-state index contributed by atoms with van der Waals surface area (Å²) < 4.78 is 0. The highest BCUT2D eigenvalue weighted by Gasteiger charge is 2.42. The van der Waals surface area contributed by atoms with Gasteiger partial charge in [-0.3, -0.25) is 9.80 Å². The zero-order valence-electron chi connectivity index (χ0n) is 22.1. The summed E-state index contributed by atoms with van der Waals surface area (Å²) in [5.41, 5.74) is 0.730. The summed E-state index contributed by atoms with van der Waals surface area (Å²) in [5, 5.41) is 6.92. The first-order chi connectivity index (χ1) is 14.5. The van der Waals surface area contributed by atoms with E-state index in [1.165, 1.54) is 78.2 Å². The highest BCUT2D eigenvalue weighted by atomic mass is 15.3. The van der Waals surface area contributed by atoms with Crippen molar-refractivity contribution in [2.75, 3.05) is 79.5 Å². The number of nitrogens with zero attached hydrogens (tertiary/aromatic N) is 4. The van der Waals surface area contributed by atoms with Gasteiger partial charge in [-0.1, -0.05) is 22.3 Å². The van der Waals surface area contributed by atoms with Crippen LogP contribution >= 0.6 is 0 Å². The van der Waals surface area contributed by atoms with Crippen molar-refractivity contribution in [2.45, 2.75) is 106 Å². The number of rotatable bonds is 0. The maximum Gasteiger partial charge on any atom is 0.0241 e. The molecular formula is C28H66N6. The van der Waals surface area contributed by atoms with Gasteiger partial charge in [-0.15, -0.1) is 0 Å². The zero-order valence-corrected chi connectivity index (χ0v) is 22.1. The normalized spacial score (nSPS) is 26.8. The molecule has 2 atom stereocenters. The molecule has 4 aliphatic rings. The lowest BCUT2D eigenvalue weighted by atomic mass is 10.0. The minimum absolute atomic E-state index is 0. The van der Waals surface area contributed by atoms with Gasteiger partial charge in [-0.05, 0) is 101 Å². The van der Waals surface area contributed by atoms with E-state index in [1.807, 2.05) is 0 Å². The molecule has 34 heavy (non-hydrogen) atoms. The molecule has 0 aromatic heterocycles. The highest BCUT2D eigenvalue weighted by molar-refractivity contribution is 5.01. The highest BCUT2D eigenvalue weighted by Crippen LogP contribution is 2.29. The first-order valence-electron chi connectivity index (χ1n) is 12.8. The number of piperazine rings is 1. The van der Waals surface area contributed by atoms with Crippen LogP contribution in [0.15, 0.2) is 0 Å². The van der Waals surface area contributed by atoms with E-state index in [4.69, 9.17) is 0 Å². The third kappa shape index (κ3) is 12.6. The van der Waals surface area contributed by atoms with Crippen LogP contribution in [0.3, 0.4) is 0 Å². The summed E-state index contributed by atoms with van der Waals surface area (Å²) in [4.78, 5) is 9.97. The van der Waals surface area contributed by atoms with Gasteiger partial charge in [0.25, 0.3) is 0 Å². The van der Waals surface area contributed by atoms with E-state index in [0.717, 1.165) is 18.6 Å². The van der Waals surface area contributed by atoms with E-state index >= 15 is 0 Å². The van der Waals surface area contributed by atoms with Crippen LogP contribution in [0.5, 0.6) is 0 Å². The molecule has 4 saturated heterocycles. The van der Waals surface area contributed by atoms with Crippen molar-refractivity contribution in [3.63, 3.8) is 0 Å². The molecule has 4 heterocycles. The van der Waals surface area contributed by atoms with Crippen LogP contribution in [0, 0.1) is 0 Å². The molecule has 0 aromatic carbocycles. The zero-order chi connectivity index (χ0) is 23.1. The number of nitrogens with one attached hydrogen (secondary N) is 2. The summed E-state index contributed by atoms with van der Waals surface area (Å²) in [7, 11) is 4.39. The van der Waals surface area contributed by atoms with Gasteiger partial charge in [0.05, 0.1) is 0 Å². The molecule has 0 aliphatic carbocycles. The van der Waals surface area contributed by atoms with Crippen molar-refractivity contribution < 1.29 is 0 Å². The predicted octanol–water partition coefficient (Wildman–Crippen LogP) is 4.07. The van der Waals surface area contributed by atoms with E-state index in [-0.39, 0.29) is 22.3 Å². The third-order valence-electron chi connectivity index (χ3n) is 7.15. The van der Waals surface area contributed by atoms with Crippen LogP contribution in [-0.4, -0.2) is 122 Å². The van der Waals surface area contributed by atoms with Gasteiger partial charge in [-0.2, -0.15) is 0 Å². The van der Waals surface area contributed by atoms with E-state index < -0.39 is 0 Å². The molecule has 2 unspecified atom stereocenters. The number of fused-ring (bicyclic) bond motifs is 2. The van der Waals surface area contributed by atoms with Gasteiger partial charge in [0.1, 0.15) is 0 Å². The van der Waals surface area contributed by atoms with E-state index in [0.29, 0.717) is 11.1 Å². The molecule has 6 nitrogen and oxygen atoms in total. The minimum atomic E-state index is 0. The maximum atomic E-state index is 3.52. The number of likely N-dealkylation sites (tertiary alicyclic amines) is 1. The van der Waals surface area contributed by atoms with Crippen LogP contribution < -0.4 is 10.6 Å². The van der Waals surface area contributed by atoms with Crippen LogP contribution in [0.1, 0.15) is 83.1 Å². The van der Waals surface area contributed by atoms with Gasteiger partial charge in [0.15, 0.2) is 0 Å². The second kappa shape index (κ2) is 16.5. The molecule has 0 radical (unpaired) electrons. The molecule has 2 N–H and O–H groups in total. The Morgan fingerprint density at radius 2 is 1.26 bits per heavy atom. The lowest BCUT2D eigenvalue weighted by molar-refractivity contribution is 0.106. The van der Waals surface area contributed by atoms with Gasteiger partial charge >= 0.3 is 0 Å². The molecule has 4 aliphatic heterocycles. The number of hydrogen-bond donors (Lipinski definition) is 2. The average Bonchev–Trinajstić information content (AvgIpc) is 3.13. The second-order valence-electron chi connectivity index (χ2n) is 12.0. The lowest BCUT2D eigenvalue weighted by Crippen LogP contribution is -2.52. The Labute approximate surface area is 216 Å². The summed E-state index contributed by atoms with van der Waals surface area (Å²) in [6.45, 7) is 26.1. The summed E-state index contributed by atoms with van der Waals surface area (Å²) in [6, 6.07) is 1.61. The standard InChI is InChI=1S/C9H18N2.C9H20N2.C7H16N2.3CH4/c1-9(2,3)11-6-7-4-8(11)5-10-7;1-9(2,3)11-7-4-5-10-6-8-11;1-8-4-3-5-9(2)7-6-8;;;/h7-8,10H,4-6H2,1-3H3;10H,4-8H2,1-3H3;3-7H2,1-2H3;3*1H4.